The molecule has 1 amide bonds. The average Bonchev–Trinajstić information content (AvgIpc) is 2.45. The maximum Gasteiger partial charge on any atom is 0.410 e. The van der Waals surface area contributed by atoms with Gasteiger partial charge in [-0.05, 0) is 58.1 Å². The lowest BCUT2D eigenvalue weighted by Crippen LogP contribution is -2.42. The quantitative estimate of drug-likeness (QED) is 0.929. The Balaban J connectivity index is 1.76. The first-order valence-electron chi connectivity index (χ1n) is 7.97. The van der Waals surface area contributed by atoms with Crippen LogP contribution >= 0.6 is 0 Å². The van der Waals surface area contributed by atoms with Crippen LogP contribution in [0, 0.1) is 12.8 Å². The number of aryl methyl sites for hydroxylation is 1. The van der Waals surface area contributed by atoms with E-state index in [1.807, 2.05) is 37.9 Å². The van der Waals surface area contributed by atoms with Crippen LogP contribution in [0.15, 0.2) is 18.5 Å². The number of ether oxygens (including phenoxy) is 1. The van der Waals surface area contributed by atoms with Crippen LogP contribution in [0.4, 0.5) is 10.5 Å². The molecule has 0 bridgehead atoms. The third-order valence-electron chi connectivity index (χ3n) is 3.89. The molecule has 0 unspecified atom stereocenters. The molecule has 0 aromatic carbocycles. The summed E-state index contributed by atoms with van der Waals surface area (Å²) in [6.45, 7) is 10.2. The Labute approximate surface area is 133 Å². The smallest absolute Gasteiger partial charge is 0.410 e. The summed E-state index contributed by atoms with van der Waals surface area (Å²) in [5.74, 6) is 0.582. The number of carbonyl (C=O) groups is 1. The monoisotopic (exact) mass is 305 g/mol. The molecule has 5 nitrogen and oxygen atoms in total. The van der Waals surface area contributed by atoms with Crippen LogP contribution in [-0.4, -0.2) is 41.2 Å². The van der Waals surface area contributed by atoms with Gasteiger partial charge in [0.15, 0.2) is 0 Å². The third kappa shape index (κ3) is 4.90. The number of anilines is 1. The summed E-state index contributed by atoms with van der Waals surface area (Å²) in [4.78, 5) is 18.0. The number of pyridine rings is 1. The number of hydrogen-bond acceptors (Lipinski definition) is 4. The standard InChI is InChI=1S/C17H27N3O2/c1-13-5-8-18-12-15(13)19-11-14-6-9-20(10-7-14)16(21)22-17(2,3)4/h5,8,12,14,19H,6-7,9-11H2,1-4H3. The first-order valence-corrected chi connectivity index (χ1v) is 7.97. The number of nitrogens with one attached hydrogen (secondary N) is 1. The Hall–Kier alpha value is -1.78. The second kappa shape index (κ2) is 6.99. The fraction of sp³-hybridized carbons (Fsp3) is 0.647. The van der Waals surface area contributed by atoms with Crippen molar-refractivity contribution in [2.45, 2.75) is 46.1 Å². The molecular weight excluding hydrogens is 278 g/mol. The van der Waals surface area contributed by atoms with Gasteiger partial charge in [0.1, 0.15) is 5.60 Å². The number of likely N-dealkylation sites (tertiary alicyclic amines) is 1. The zero-order valence-corrected chi connectivity index (χ0v) is 14.1. The van der Waals surface area contributed by atoms with E-state index < -0.39 is 5.60 Å². The first-order chi connectivity index (χ1) is 10.3. The minimum atomic E-state index is -0.423. The molecule has 1 N–H and O–H groups in total. The van der Waals surface area contributed by atoms with Crippen LogP contribution in [0.2, 0.25) is 0 Å². The van der Waals surface area contributed by atoms with Crippen LogP contribution in [-0.2, 0) is 4.74 Å². The maximum atomic E-state index is 12.0. The predicted octanol–water partition coefficient (Wildman–Crippen LogP) is 3.45. The minimum absolute atomic E-state index is 0.193. The summed E-state index contributed by atoms with van der Waals surface area (Å²) in [6.07, 6.45) is 5.49. The van der Waals surface area contributed by atoms with E-state index >= 15 is 0 Å². The van der Waals surface area contributed by atoms with Crippen LogP contribution in [0.5, 0.6) is 0 Å². The van der Waals surface area contributed by atoms with Gasteiger partial charge in [-0.1, -0.05) is 0 Å². The Bertz CT molecular complexity index is 503. The van der Waals surface area contributed by atoms with Crippen molar-refractivity contribution in [2.75, 3.05) is 25.0 Å². The first kappa shape index (κ1) is 16.6. The molecule has 5 heteroatoms. The zero-order chi connectivity index (χ0) is 16.2. The van der Waals surface area contributed by atoms with Crippen LogP contribution < -0.4 is 5.32 Å². The highest BCUT2D eigenvalue weighted by molar-refractivity contribution is 5.68. The van der Waals surface area contributed by atoms with E-state index in [1.165, 1.54) is 5.56 Å². The molecule has 0 saturated carbocycles. The van der Waals surface area contributed by atoms with Gasteiger partial charge in [-0.2, -0.15) is 0 Å². The fourth-order valence-electron chi connectivity index (χ4n) is 2.55. The van der Waals surface area contributed by atoms with Gasteiger partial charge < -0.3 is 15.0 Å². The number of rotatable bonds is 3. The summed E-state index contributed by atoms with van der Waals surface area (Å²) in [6, 6.07) is 2.01. The van der Waals surface area contributed by atoms with Crippen LogP contribution in [0.3, 0.4) is 0 Å². The molecule has 1 aromatic heterocycles. The lowest BCUT2D eigenvalue weighted by atomic mass is 9.97. The summed E-state index contributed by atoms with van der Waals surface area (Å²) in [5, 5.41) is 3.47. The molecule has 1 aromatic rings. The van der Waals surface area contributed by atoms with Crippen molar-refractivity contribution in [3.63, 3.8) is 0 Å². The van der Waals surface area contributed by atoms with Gasteiger partial charge in [0.05, 0.1) is 11.9 Å². The predicted molar refractivity (Wildman–Crippen MR) is 88.0 cm³/mol. The Morgan fingerprint density at radius 2 is 2.09 bits per heavy atom. The van der Waals surface area contributed by atoms with Crippen molar-refractivity contribution in [2.24, 2.45) is 5.92 Å². The molecule has 0 aliphatic carbocycles. The summed E-state index contributed by atoms with van der Waals surface area (Å²) in [5.41, 5.74) is 1.88. The van der Waals surface area contributed by atoms with E-state index in [0.717, 1.165) is 38.2 Å². The molecule has 22 heavy (non-hydrogen) atoms. The molecule has 1 saturated heterocycles. The van der Waals surface area contributed by atoms with E-state index in [9.17, 15) is 4.79 Å². The molecule has 1 aliphatic heterocycles. The molecule has 2 heterocycles. The maximum absolute atomic E-state index is 12.0. The molecule has 2 rings (SSSR count). The SMILES string of the molecule is Cc1ccncc1NCC1CCN(C(=O)OC(C)(C)C)CC1. The van der Waals surface area contributed by atoms with Gasteiger partial charge in [0.25, 0.3) is 0 Å². The third-order valence-corrected chi connectivity index (χ3v) is 3.89. The van der Waals surface area contributed by atoms with E-state index in [2.05, 4.69) is 17.2 Å². The topological polar surface area (TPSA) is 54.5 Å². The van der Waals surface area contributed by atoms with Gasteiger partial charge in [-0.3, -0.25) is 4.98 Å². The lowest BCUT2D eigenvalue weighted by Gasteiger charge is -2.33. The fourth-order valence-corrected chi connectivity index (χ4v) is 2.55. The number of nitrogens with zero attached hydrogens (tertiary/aromatic N) is 2. The van der Waals surface area contributed by atoms with Gasteiger partial charge in [-0.15, -0.1) is 0 Å². The highest BCUT2D eigenvalue weighted by Crippen LogP contribution is 2.21. The van der Waals surface area contributed by atoms with Gasteiger partial charge >= 0.3 is 6.09 Å². The molecule has 1 fully saturated rings. The highest BCUT2D eigenvalue weighted by atomic mass is 16.6. The number of amides is 1. The summed E-state index contributed by atoms with van der Waals surface area (Å²) in [7, 11) is 0. The minimum Gasteiger partial charge on any atom is -0.444 e. The molecule has 0 atom stereocenters. The second-order valence-corrected chi connectivity index (χ2v) is 6.98. The summed E-state index contributed by atoms with van der Waals surface area (Å²) < 4.78 is 5.42. The van der Waals surface area contributed by atoms with Crippen molar-refractivity contribution in [3.05, 3.63) is 24.0 Å². The van der Waals surface area contributed by atoms with Gasteiger partial charge in [-0.25, -0.2) is 4.79 Å². The highest BCUT2D eigenvalue weighted by Gasteiger charge is 2.26. The summed E-state index contributed by atoms with van der Waals surface area (Å²) >= 11 is 0. The van der Waals surface area contributed by atoms with Crippen LogP contribution in [0.25, 0.3) is 0 Å². The van der Waals surface area contributed by atoms with Gasteiger partial charge in [0.2, 0.25) is 0 Å². The Morgan fingerprint density at radius 1 is 1.41 bits per heavy atom. The van der Waals surface area contributed by atoms with E-state index in [-0.39, 0.29) is 6.09 Å². The van der Waals surface area contributed by atoms with E-state index in [0.29, 0.717) is 5.92 Å². The van der Waals surface area contributed by atoms with Crippen molar-refractivity contribution in [3.8, 4) is 0 Å². The van der Waals surface area contributed by atoms with E-state index in [1.54, 1.807) is 6.20 Å². The number of hydrogen-bond donors (Lipinski definition) is 1. The molecular formula is C17H27N3O2. The van der Waals surface area contributed by atoms with E-state index in [4.69, 9.17) is 4.74 Å². The zero-order valence-electron chi connectivity index (χ0n) is 14.1. The van der Waals surface area contributed by atoms with Crippen LogP contribution in [0.1, 0.15) is 39.2 Å². The number of aromatic nitrogens is 1. The molecule has 1 aliphatic rings. The number of carbonyl (C=O) groups excluding carboxylic acids is 1. The second-order valence-electron chi connectivity index (χ2n) is 6.98. The van der Waals surface area contributed by atoms with Crippen molar-refractivity contribution in [1.82, 2.24) is 9.88 Å². The lowest BCUT2D eigenvalue weighted by molar-refractivity contribution is 0.0188. The van der Waals surface area contributed by atoms with Gasteiger partial charge in [0, 0.05) is 25.8 Å². The normalized spacial score (nSPS) is 16.5. The molecule has 0 spiro atoms. The van der Waals surface area contributed by atoms with Crippen molar-refractivity contribution >= 4 is 11.8 Å². The largest absolute Gasteiger partial charge is 0.444 e. The van der Waals surface area contributed by atoms with Crippen molar-refractivity contribution in [1.29, 1.82) is 0 Å². The Morgan fingerprint density at radius 3 is 2.68 bits per heavy atom. The molecule has 0 radical (unpaired) electrons. The Kier molecular flexibility index (Phi) is 5.27. The number of piperidine rings is 1. The van der Waals surface area contributed by atoms with Crippen molar-refractivity contribution < 1.29 is 9.53 Å². The molecule has 122 valence electrons. The average molecular weight is 305 g/mol.